The molecule has 3 heteroatoms. The molecule has 15 heavy (non-hydrogen) atoms. The second-order valence-corrected chi connectivity index (χ2v) is 4.09. The molecule has 0 aliphatic carbocycles. The summed E-state index contributed by atoms with van der Waals surface area (Å²) in [5, 5.41) is 12.1. The first-order valence-corrected chi connectivity index (χ1v) is 6.11. The van der Waals surface area contributed by atoms with E-state index in [9.17, 15) is 9.90 Å². The fourth-order valence-electron chi connectivity index (χ4n) is 1.49. The number of hydrogen-bond donors (Lipinski definition) is 2. The summed E-state index contributed by atoms with van der Waals surface area (Å²) in [6.07, 6.45) is 4.30. The van der Waals surface area contributed by atoms with Gasteiger partial charge in [0.2, 0.25) is 5.91 Å². The van der Waals surface area contributed by atoms with Crippen LogP contribution in [0.3, 0.4) is 0 Å². The number of aliphatic hydroxyl groups excluding tert-OH is 1. The second kappa shape index (κ2) is 8.72. The van der Waals surface area contributed by atoms with Crippen LogP contribution in [0, 0.1) is 5.92 Å². The van der Waals surface area contributed by atoms with E-state index in [-0.39, 0.29) is 5.91 Å². The van der Waals surface area contributed by atoms with Gasteiger partial charge in [-0.25, -0.2) is 0 Å². The van der Waals surface area contributed by atoms with Gasteiger partial charge in [-0.3, -0.25) is 4.79 Å². The molecule has 0 saturated heterocycles. The molecule has 0 heterocycles. The molecule has 2 unspecified atom stereocenters. The third kappa shape index (κ3) is 6.50. The molecule has 0 radical (unpaired) electrons. The van der Waals surface area contributed by atoms with Crippen molar-refractivity contribution in [3.8, 4) is 0 Å². The quantitative estimate of drug-likeness (QED) is 0.651. The fraction of sp³-hybridized carbons (Fsp3) is 0.917. The van der Waals surface area contributed by atoms with Crippen molar-refractivity contribution in [3.05, 3.63) is 0 Å². The molecular formula is C12H25NO2. The fourth-order valence-corrected chi connectivity index (χ4v) is 1.49. The highest BCUT2D eigenvalue weighted by atomic mass is 16.3. The number of aliphatic hydroxyl groups is 1. The van der Waals surface area contributed by atoms with Crippen LogP contribution in [0.5, 0.6) is 0 Å². The molecule has 0 aliphatic rings. The molecule has 0 saturated carbocycles. The molecule has 1 amide bonds. The number of rotatable bonds is 8. The van der Waals surface area contributed by atoms with Crippen LogP contribution in [0.1, 0.15) is 52.9 Å². The minimum Gasteiger partial charge on any atom is -0.383 e. The van der Waals surface area contributed by atoms with Gasteiger partial charge in [-0.15, -0.1) is 0 Å². The highest BCUT2D eigenvalue weighted by Crippen LogP contribution is 2.11. The average molecular weight is 215 g/mol. The van der Waals surface area contributed by atoms with E-state index in [1.165, 1.54) is 12.8 Å². The van der Waals surface area contributed by atoms with Crippen molar-refractivity contribution < 1.29 is 9.90 Å². The van der Waals surface area contributed by atoms with Crippen LogP contribution in [-0.2, 0) is 4.79 Å². The standard InChI is InChI=1S/C12H25NO2/c1-4-7-8-10(5-2)9-13-12(15)11(14)6-3/h10-11,14H,4-9H2,1-3H3,(H,13,15). The zero-order chi connectivity index (χ0) is 11.7. The molecule has 2 N–H and O–H groups in total. The summed E-state index contributed by atoms with van der Waals surface area (Å²) < 4.78 is 0. The molecule has 0 bridgehead atoms. The Morgan fingerprint density at radius 2 is 1.93 bits per heavy atom. The Balaban J connectivity index is 3.74. The van der Waals surface area contributed by atoms with E-state index in [4.69, 9.17) is 0 Å². The third-order valence-electron chi connectivity index (χ3n) is 2.80. The van der Waals surface area contributed by atoms with Crippen molar-refractivity contribution in [1.29, 1.82) is 0 Å². The number of carbonyl (C=O) groups excluding carboxylic acids is 1. The summed E-state index contributed by atoms with van der Waals surface area (Å²) in [6, 6.07) is 0. The van der Waals surface area contributed by atoms with Gasteiger partial charge in [0.1, 0.15) is 6.10 Å². The lowest BCUT2D eigenvalue weighted by Crippen LogP contribution is -2.37. The van der Waals surface area contributed by atoms with E-state index < -0.39 is 6.10 Å². The van der Waals surface area contributed by atoms with Crippen LogP contribution in [0.15, 0.2) is 0 Å². The predicted molar refractivity (Wildman–Crippen MR) is 62.6 cm³/mol. The van der Waals surface area contributed by atoms with Gasteiger partial charge in [-0.05, 0) is 18.8 Å². The van der Waals surface area contributed by atoms with E-state index in [0.717, 1.165) is 12.8 Å². The maximum Gasteiger partial charge on any atom is 0.248 e. The zero-order valence-electron chi connectivity index (χ0n) is 10.3. The summed E-state index contributed by atoms with van der Waals surface area (Å²) >= 11 is 0. The Bertz CT molecular complexity index is 171. The SMILES string of the molecule is CCCCC(CC)CNC(=O)C(O)CC. The van der Waals surface area contributed by atoms with Crippen molar-refractivity contribution in [2.45, 2.75) is 59.0 Å². The van der Waals surface area contributed by atoms with Crippen molar-refractivity contribution in [2.24, 2.45) is 5.92 Å². The summed E-state index contributed by atoms with van der Waals surface area (Å²) in [6.45, 7) is 6.82. The van der Waals surface area contributed by atoms with E-state index in [2.05, 4.69) is 19.2 Å². The summed E-state index contributed by atoms with van der Waals surface area (Å²) in [7, 11) is 0. The molecule has 90 valence electrons. The Morgan fingerprint density at radius 3 is 2.40 bits per heavy atom. The third-order valence-corrected chi connectivity index (χ3v) is 2.80. The van der Waals surface area contributed by atoms with Crippen LogP contribution in [0.2, 0.25) is 0 Å². The summed E-state index contributed by atoms with van der Waals surface area (Å²) in [5.41, 5.74) is 0. The molecule has 0 fully saturated rings. The first kappa shape index (κ1) is 14.4. The molecule has 0 rings (SSSR count). The maximum absolute atomic E-state index is 11.3. The Morgan fingerprint density at radius 1 is 1.27 bits per heavy atom. The van der Waals surface area contributed by atoms with Crippen molar-refractivity contribution in [2.75, 3.05) is 6.54 Å². The number of hydrogen-bond acceptors (Lipinski definition) is 2. The summed E-state index contributed by atoms with van der Waals surface area (Å²) in [5.74, 6) is 0.324. The first-order chi connectivity index (χ1) is 7.15. The molecule has 2 atom stereocenters. The van der Waals surface area contributed by atoms with Crippen molar-refractivity contribution in [3.63, 3.8) is 0 Å². The lowest BCUT2D eigenvalue weighted by molar-refractivity contribution is -0.129. The van der Waals surface area contributed by atoms with Gasteiger partial charge in [0.25, 0.3) is 0 Å². The number of nitrogens with one attached hydrogen (secondary N) is 1. The minimum absolute atomic E-state index is 0.229. The van der Waals surface area contributed by atoms with Crippen LogP contribution in [0.4, 0.5) is 0 Å². The number of unbranched alkanes of at least 4 members (excludes halogenated alkanes) is 1. The largest absolute Gasteiger partial charge is 0.383 e. The van der Waals surface area contributed by atoms with Crippen LogP contribution >= 0.6 is 0 Å². The van der Waals surface area contributed by atoms with Crippen LogP contribution < -0.4 is 5.32 Å². The number of carbonyl (C=O) groups is 1. The molecule has 0 spiro atoms. The zero-order valence-corrected chi connectivity index (χ0v) is 10.3. The van der Waals surface area contributed by atoms with Crippen molar-refractivity contribution in [1.82, 2.24) is 5.32 Å². The first-order valence-electron chi connectivity index (χ1n) is 6.11. The van der Waals surface area contributed by atoms with E-state index in [0.29, 0.717) is 18.9 Å². The van der Waals surface area contributed by atoms with E-state index >= 15 is 0 Å². The van der Waals surface area contributed by atoms with Gasteiger partial charge in [0.15, 0.2) is 0 Å². The lowest BCUT2D eigenvalue weighted by Gasteiger charge is -2.16. The monoisotopic (exact) mass is 215 g/mol. The van der Waals surface area contributed by atoms with Crippen LogP contribution in [0.25, 0.3) is 0 Å². The lowest BCUT2D eigenvalue weighted by atomic mass is 9.99. The Labute approximate surface area is 93.3 Å². The highest BCUT2D eigenvalue weighted by molar-refractivity contribution is 5.80. The predicted octanol–water partition coefficient (Wildman–Crippen LogP) is 2.09. The summed E-state index contributed by atoms with van der Waals surface area (Å²) in [4.78, 5) is 11.3. The van der Waals surface area contributed by atoms with Gasteiger partial charge < -0.3 is 10.4 Å². The van der Waals surface area contributed by atoms with E-state index in [1.807, 2.05) is 0 Å². The van der Waals surface area contributed by atoms with E-state index in [1.54, 1.807) is 6.92 Å². The molecule has 3 nitrogen and oxygen atoms in total. The van der Waals surface area contributed by atoms with Gasteiger partial charge in [-0.1, -0.05) is 40.0 Å². The van der Waals surface area contributed by atoms with Crippen LogP contribution in [-0.4, -0.2) is 23.7 Å². The topological polar surface area (TPSA) is 49.3 Å². The average Bonchev–Trinajstić information content (AvgIpc) is 2.27. The maximum atomic E-state index is 11.3. The smallest absolute Gasteiger partial charge is 0.248 e. The van der Waals surface area contributed by atoms with Gasteiger partial charge in [0.05, 0.1) is 0 Å². The Hall–Kier alpha value is -0.570. The molecule has 0 aromatic rings. The molecule has 0 aliphatic heterocycles. The molecular weight excluding hydrogens is 190 g/mol. The van der Waals surface area contributed by atoms with Crippen molar-refractivity contribution >= 4 is 5.91 Å². The molecule has 0 aromatic carbocycles. The minimum atomic E-state index is -0.839. The number of amides is 1. The highest BCUT2D eigenvalue weighted by Gasteiger charge is 2.13. The normalized spacial score (nSPS) is 14.7. The van der Waals surface area contributed by atoms with Gasteiger partial charge in [0, 0.05) is 6.54 Å². The molecule has 0 aromatic heterocycles. The van der Waals surface area contributed by atoms with Gasteiger partial charge >= 0.3 is 0 Å². The Kier molecular flexibility index (Phi) is 8.38. The second-order valence-electron chi connectivity index (χ2n) is 4.09. The van der Waals surface area contributed by atoms with Gasteiger partial charge in [-0.2, -0.15) is 0 Å².